The van der Waals surface area contributed by atoms with Gasteiger partial charge in [0.15, 0.2) is 5.82 Å². The Morgan fingerprint density at radius 2 is 1.85 bits per heavy atom. The number of hydrogen-bond donors (Lipinski definition) is 1. The summed E-state index contributed by atoms with van der Waals surface area (Å²) in [6.45, 7) is 13.5. The minimum Gasteiger partial charge on any atom is -0.366 e. The smallest absolute Gasteiger partial charge is 0.156 e. The largest absolute Gasteiger partial charge is 0.366 e. The zero-order chi connectivity index (χ0) is 14.9. The fourth-order valence-corrected chi connectivity index (χ4v) is 2.17. The van der Waals surface area contributed by atoms with Crippen LogP contribution in [0.2, 0.25) is 0 Å². The van der Waals surface area contributed by atoms with Crippen LogP contribution in [-0.4, -0.2) is 25.8 Å². The molecular weight excluding hydrogens is 250 g/mol. The summed E-state index contributed by atoms with van der Waals surface area (Å²) in [6, 6.07) is 0.383. The molecule has 2 aromatic heterocycles. The molecule has 0 saturated carbocycles. The summed E-state index contributed by atoms with van der Waals surface area (Å²) in [4.78, 5) is 9.43. The lowest BCUT2D eigenvalue weighted by atomic mass is 10.2. The zero-order valence-corrected chi connectivity index (χ0v) is 13.4. The van der Waals surface area contributed by atoms with Crippen LogP contribution >= 0.6 is 0 Å². The van der Waals surface area contributed by atoms with E-state index in [1.165, 1.54) is 0 Å². The third kappa shape index (κ3) is 2.62. The van der Waals surface area contributed by atoms with E-state index >= 15 is 0 Å². The Morgan fingerprint density at radius 1 is 1.15 bits per heavy atom. The highest BCUT2D eigenvalue weighted by Gasteiger charge is 2.18. The van der Waals surface area contributed by atoms with E-state index in [0.717, 1.165) is 41.3 Å². The van der Waals surface area contributed by atoms with Gasteiger partial charge in [-0.25, -0.2) is 9.97 Å². The Bertz CT molecular complexity index is 600. The van der Waals surface area contributed by atoms with Gasteiger partial charge in [0.2, 0.25) is 0 Å². The predicted octanol–water partition coefficient (Wildman–Crippen LogP) is 3.49. The summed E-state index contributed by atoms with van der Waals surface area (Å²) in [5.74, 6) is 2.10. The van der Waals surface area contributed by atoms with Gasteiger partial charge in [-0.3, -0.25) is 4.68 Å². The van der Waals surface area contributed by atoms with E-state index in [1.54, 1.807) is 0 Å². The van der Waals surface area contributed by atoms with E-state index in [0.29, 0.717) is 12.0 Å². The Kier molecular flexibility index (Phi) is 4.26. The maximum absolute atomic E-state index is 4.73. The standard InChI is InChI=1S/C15H25N5/c1-7-10(5)16-15-13-12(11(6)19-20(13)8-2)17-14(18-15)9(3)4/h9-10H,7-8H2,1-6H3,(H,16,17,18)/t10-/m1/s1. The van der Waals surface area contributed by atoms with Crippen LogP contribution in [0.1, 0.15) is 58.5 Å². The summed E-state index contributed by atoms with van der Waals surface area (Å²) in [5.41, 5.74) is 2.96. The number of nitrogens with one attached hydrogen (secondary N) is 1. The third-order valence-electron chi connectivity index (χ3n) is 3.58. The van der Waals surface area contributed by atoms with E-state index in [-0.39, 0.29) is 0 Å². The molecule has 1 atom stereocenters. The van der Waals surface area contributed by atoms with Crippen molar-refractivity contribution in [2.24, 2.45) is 0 Å². The van der Waals surface area contributed by atoms with E-state index in [4.69, 9.17) is 9.97 Å². The van der Waals surface area contributed by atoms with Crippen LogP contribution in [0.15, 0.2) is 0 Å². The highest BCUT2D eigenvalue weighted by atomic mass is 15.3. The minimum absolute atomic E-state index is 0.307. The van der Waals surface area contributed by atoms with E-state index in [2.05, 4.69) is 45.0 Å². The number of rotatable bonds is 5. The van der Waals surface area contributed by atoms with Gasteiger partial charge < -0.3 is 5.32 Å². The normalized spacial score (nSPS) is 13.2. The Labute approximate surface area is 120 Å². The molecule has 1 N–H and O–H groups in total. The third-order valence-corrected chi connectivity index (χ3v) is 3.58. The molecule has 5 nitrogen and oxygen atoms in total. The number of aromatic nitrogens is 4. The van der Waals surface area contributed by atoms with Gasteiger partial charge in [-0.2, -0.15) is 5.10 Å². The Morgan fingerprint density at radius 3 is 2.40 bits per heavy atom. The van der Waals surface area contributed by atoms with Crippen LogP contribution in [0, 0.1) is 6.92 Å². The number of aryl methyl sites for hydroxylation is 2. The maximum Gasteiger partial charge on any atom is 0.156 e. The second kappa shape index (κ2) is 5.77. The average molecular weight is 275 g/mol. The van der Waals surface area contributed by atoms with Gasteiger partial charge in [-0.15, -0.1) is 0 Å². The topological polar surface area (TPSA) is 55.6 Å². The van der Waals surface area contributed by atoms with Gasteiger partial charge in [0.05, 0.1) is 5.69 Å². The zero-order valence-electron chi connectivity index (χ0n) is 13.4. The van der Waals surface area contributed by atoms with Crippen LogP contribution in [0.5, 0.6) is 0 Å². The van der Waals surface area contributed by atoms with Crippen molar-refractivity contribution in [2.45, 2.75) is 66.5 Å². The Hall–Kier alpha value is -1.65. The second-order valence-electron chi connectivity index (χ2n) is 5.64. The van der Waals surface area contributed by atoms with E-state index in [1.807, 2.05) is 11.6 Å². The van der Waals surface area contributed by atoms with Gasteiger partial charge >= 0.3 is 0 Å². The molecule has 0 aliphatic carbocycles. The molecule has 20 heavy (non-hydrogen) atoms. The molecule has 0 bridgehead atoms. The van der Waals surface area contributed by atoms with Crippen LogP contribution < -0.4 is 5.32 Å². The van der Waals surface area contributed by atoms with Crippen molar-refractivity contribution < 1.29 is 0 Å². The first-order valence-electron chi connectivity index (χ1n) is 7.49. The fourth-order valence-electron chi connectivity index (χ4n) is 2.17. The molecule has 5 heteroatoms. The summed E-state index contributed by atoms with van der Waals surface area (Å²) in [7, 11) is 0. The van der Waals surface area contributed by atoms with Crippen molar-refractivity contribution in [3.8, 4) is 0 Å². The quantitative estimate of drug-likeness (QED) is 0.907. The first-order chi connectivity index (χ1) is 9.47. The van der Waals surface area contributed by atoms with Crippen LogP contribution in [0.3, 0.4) is 0 Å². The summed E-state index contributed by atoms with van der Waals surface area (Å²) < 4.78 is 1.99. The molecule has 0 unspecified atom stereocenters. The van der Waals surface area contributed by atoms with Crippen molar-refractivity contribution >= 4 is 16.9 Å². The molecule has 0 spiro atoms. The van der Waals surface area contributed by atoms with Crippen molar-refractivity contribution in [3.05, 3.63) is 11.5 Å². The van der Waals surface area contributed by atoms with Crippen LogP contribution in [0.4, 0.5) is 5.82 Å². The maximum atomic E-state index is 4.73. The molecule has 0 saturated heterocycles. The first kappa shape index (κ1) is 14.8. The number of anilines is 1. The molecule has 0 aliphatic heterocycles. The molecule has 2 heterocycles. The molecule has 0 aliphatic rings. The van der Waals surface area contributed by atoms with Crippen molar-refractivity contribution in [2.75, 3.05) is 5.32 Å². The average Bonchev–Trinajstić information content (AvgIpc) is 2.75. The van der Waals surface area contributed by atoms with Crippen molar-refractivity contribution in [1.82, 2.24) is 19.7 Å². The molecule has 2 aromatic rings. The minimum atomic E-state index is 0.307. The molecule has 110 valence electrons. The molecule has 2 rings (SSSR count). The molecule has 0 fully saturated rings. The fraction of sp³-hybridized carbons (Fsp3) is 0.667. The molecule has 0 amide bonds. The van der Waals surface area contributed by atoms with Crippen LogP contribution in [0.25, 0.3) is 11.0 Å². The number of hydrogen-bond acceptors (Lipinski definition) is 4. The van der Waals surface area contributed by atoms with Crippen molar-refractivity contribution in [1.29, 1.82) is 0 Å². The van der Waals surface area contributed by atoms with Crippen LogP contribution in [-0.2, 0) is 6.54 Å². The van der Waals surface area contributed by atoms with Gasteiger partial charge in [-0.1, -0.05) is 20.8 Å². The summed E-state index contributed by atoms with van der Waals surface area (Å²) in [6.07, 6.45) is 1.06. The van der Waals surface area contributed by atoms with E-state index in [9.17, 15) is 0 Å². The van der Waals surface area contributed by atoms with Gasteiger partial charge in [0.25, 0.3) is 0 Å². The van der Waals surface area contributed by atoms with Crippen molar-refractivity contribution in [3.63, 3.8) is 0 Å². The van der Waals surface area contributed by atoms with Gasteiger partial charge in [0.1, 0.15) is 16.9 Å². The van der Waals surface area contributed by atoms with E-state index < -0.39 is 0 Å². The predicted molar refractivity (Wildman–Crippen MR) is 83.2 cm³/mol. The highest BCUT2D eigenvalue weighted by molar-refractivity contribution is 5.87. The number of nitrogens with zero attached hydrogens (tertiary/aromatic N) is 4. The monoisotopic (exact) mass is 275 g/mol. The lowest BCUT2D eigenvalue weighted by Crippen LogP contribution is -2.17. The van der Waals surface area contributed by atoms with Gasteiger partial charge in [-0.05, 0) is 27.2 Å². The number of fused-ring (bicyclic) bond motifs is 1. The molecule has 0 radical (unpaired) electrons. The molecule has 0 aromatic carbocycles. The molecular formula is C15H25N5. The lowest BCUT2D eigenvalue weighted by Gasteiger charge is -2.15. The summed E-state index contributed by atoms with van der Waals surface area (Å²) in [5, 5.41) is 8.08. The lowest BCUT2D eigenvalue weighted by molar-refractivity contribution is 0.673. The highest BCUT2D eigenvalue weighted by Crippen LogP contribution is 2.26. The summed E-state index contributed by atoms with van der Waals surface area (Å²) >= 11 is 0. The second-order valence-corrected chi connectivity index (χ2v) is 5.64. The Balaban J connectivity index is 2.66. The van der Waals surface area contributed by atoms with Gasteiger partial charge in [0, 0.05) is 18.5 Å². The SMILES string of the molecule is CC[C@@H](C)Nc1nc(C(C)C)nc2c(C)nn(CC)c12. The first-order valence-corrected chi connectivity index (χ1v) is 7.49.